The van der Waals surface area contributed by atoms with Crippen LogP contribution >= 0.6 is 0 Å². The molecule has 0 bridgehead atoms. The van der Waals surface area contributed by atoms with Gasteiger partial charge in [-0.1, -0.05) is 36.4 Å². The number of ether oxygens (including phenoxy) is 1. The molecule has 1 saturated carbocycles. The van der Waals surface area contributed by atoms with Crippen LogP contribution in [0.15, 0.2) is 42.0 Å². The molecular formula is C17H18O3. The number of hydrogen-bond acceptors (Lipinski definition) is 3. The molecule has 0 spiro atoms. The minimum atomic E-state index is -1.02. The Kier molecular flexibility index (Phi) is 2.55. The number of rotatable bonds is 2. The normalized spacial score (nSPS) is 38.4. The van der Waals surface area contributed by atoms with Crippen molar-refractivity contribution < 1.29 is 14.6 Å². The third-order valence-electron chi connectivity index (χ3n) is 5.16. The number of hydrogen-bond donors (Lipinski definition) is 1. The van der Waals surface area contributed by atoms with Crippen molar-refractivity contribution in [1.29, 1.82) is 0 Å². The first-order valence-corrected chi connectivity index (χ1v) is 7.37. The predicted molar refractivity (Wildman–Crippen MR) is 73.9 cm³/mol. The molecule has 0 radical (unpaired) electrons. The summed E-state index contributed by atoms with van der Waals surface area (Å²) in [5.74, 6) is 0.0907. The lowest BCUT2D eigenvalue weighted by Gasteiger charge is -2.31. The van der Waals surface area contributed by atoms with Gasteiger partial charge in [0.2, 0.25) is 0 Å². The number of allylic oxidation sites excluding steroid dienone is 1. The molecule has 2 aliphatic carbocycles. The van der Waals surface area contributed by atoms with Crippen molar-refractivity contribution in [3.8, 4) is 0 Å². The minimum Gasteiger partial charge on any atom is -0.455 e. The molecule has 3 heteroatoms. The van der Waals surface area contributed by atoms with Crippen LogP contribution in [0.2, 0.25) is 0 Å². The second-order valence-electron chi connectivity index (χ2n) is 6.23. The maximum absolute atomic E-state index is 12.0. The molecule has 1 N–H and O–H groups in total. The van der Waals surface area contributed by atoms with Crippen LogP contribution < -0.4 is 0 Å². The Morgan fingerprint density at radius 3 is 2.90 bits per heavy atom. The molecule has 0 amide bonds. The maximum atomic E-state index is 12.0. The number of aliphatic hydroxyl groups is 1. The van der Waals surface area contributed by atoms with Crippen molar-refractivity contribution in [3.63, 3.8) is 0 Å². The van der Waals surface area contributed by atoms with E-state index in [1.54, 1.807) is 0 Å². The third-order valence-corrected chi connectivity index (χ3v) is 5.16. The van der Waals surface area contributed by atoms with E-state index in [0.717, 1.165) is 25.7 Å². The molecule has 1 heterocycles. The van der Waals surface area contributed by atoms with Gasteiger partial charge in [0.1, 0.15) is 11.7 Å². The van der Waals surface area contributed by atoms with Gasteiger partial charge in [0, 0.05) is 5.92 Å². The average Bonchev–Trinajstić information content (AvgIpc) is 2.88. The second-order valence-corrected chi connectivity index (χ2v) is 6.23. The topological polar surface area (TPSA) is 46.5 Å². The zero-order chi connectivity index (χ0) is 13.7. The fourth-order valence-electron chi connectivity index (χ4n) is 4.28. The van der Waals surface area contributed by atoms with Gasteiger partial charge < -0.3 is 9.84 Å². The summed E-state index contributed by atoms with van der Waals surface area (Å²) >= 11 is 0. The van der Waals surface area contributed by atoms with E-state index in [1.807, 2.05) is 24.3 Å². The summed E-state index contributed by atoms with van der Waals surface area (Å²) in [6.07, 6.45) is 5.17. The molecular weight excluding hydrogens is 252 g/mol. The molecule has 1 saturated heterocycles. The maximum Gasteiger partial charge on any atom is 0.337 e. The summed E-state index contributed by atoms with van der Waals surface area (Å²) in [6.45, 7) is 0. The lowest BCUT2D eigenvalue weighted by Crippen LogP contribution is -2.43. The van der Waals surface area contributed by atoms with Gasteiger partial charge in [0.15, 0.2) is 0 Å². The van der Waals surface area contributed by atoms with E-state index >= 15 is 0 Å². The van der Waals surface area contributed by atoms with Gasteiger partial charge in [-0.3, -0.25) is 0 Å². The van der Waals surface area contributed by atoms with E-state index < -0.39 is 5.60 Å². The fraction of sp³-hybridized carbons (Fsp3) is 0.471. The van der Waals surface area contributed by atoms with Crippen LogP contribution in [0.3, 0.4) is 0 Å². The van der Waals surface area contributed by atoms with Crippen molar-refractivity contribution >= 4 is 5.97 Å². The van der Waals surface area contributed by atoms with Gasteiger partial charge in [0.25, 0.3) is 0 Å². The van der Waals surface area contributed by atoms with Gasteiger partial charge in [-0.05, 0) is 37.2 Å². The Morgan fingerprint density at radius 2 is 2.10 bits per heavy atom. The molecule has 4 rings (SSSR count). The summed E-state index contributed by atoms with van der Waals surface area (Å²) in [5.41, 5.74) is 0.747. The van der Waals surface area contributed by atoms with Crippen molar-refractivity contribution in [2.45, 2.75) is 37.4 Å². The van der Waals surface area contributed by atoms with Crippen LogP contribution in [0.5, 0.6) is 0 Å². The molecule has 104 valence electrons. The minimum absolute atomic E-state index is 0.174. The Hall–Kier alpha value is -1.61. The van der Waals surface area contributed by atoms with Crippen LogP contribution in [0.4, 0.5) is 0 Å². The number of esters is 1. The molecule has 20 heavy (non-hydrogen) atoms. The summed E-state index contributed by atoms with van der Waals surface area (Å²) in [4.78, 5) is 12.0. The van der Waals surface area contributed by atoms with Gasteiger partial charge in [-0.2, -0.15) is 0 Å². The van der Waals surface area contributed by atoms with Crippen molar-refractivity contribution in [2.75, 3.05) is 0 Å². The van der Waals surface area contributed by atoms with E-state index in [2.05, 4.69) is 12.1 Å². The second kappa shape index (κ2) is 4.19. The molecule has 1 aromatic rings. The standard InChI is InChI=1S/C17H18O3/c18-16-14-8-4-7-13-10-12(15(20-16)17(13,14)19)9-11-5-2-1-3-6-11/h1-3,5-6,8,12-13,15,19H,4,7,9-10H2. The van der Waals surface area contributed by atoms with Gasteiger partial charge >= 0.3 is 5.97 Å². The van der Waals surface area contributed by atoms with E-state index in [9.17, 15) is 9.90 Å². The van der Waals surface area contributed by atoms with E-state index in [-0.39, 0.29) is 23.9 Å². The van der Waals surface area contributed by atoms with Crippen LogP contribution in [0, 0.1) is 11.8 Å². The molecule has 3 aliphatic rings. The molecule has 0 aromatic heterocycles. The Bertz CT molecular complexity index is 577. The van der Waals surface area contributed by atoms with Gasteiger partial charge in [-0.25, -0.2) is 4.79 Å². The molecule has 4 unspecified atom stereocenters. The highest BCUT2D eigenvalue weighted by Gasteiger charge is 2.64. The SMILES string of the molecule is O=C1OC2C(Cc3ccccc3)CC3CCC=C1C32O. The van der Waals surface area contributed by atoms with Crippen LogP contribution in [-0.4, -0.2) is 22.8 Å². The van der Waals surface area contributed by atoms with E-state index in [1.165, 1.54) is 5.56 Å². The predicted octanol–water partition coefficient (Wildman–Crippen LogP) is 2.24. The summed E-state index contributed by atoms with van der Waals surface area (Å²) in [7, 11) is 0. The van der Waals surface area contributed by atoms with Gasteiger partial charge in [-0.15, -0.1) is 0 Å². The Labute approximate surface area is 118 Å². The number of carbonyl (C=O) groups excluding carboxylic acids is 1. The highest BCUT2D eigenvalue weighted by Crippen LogP contribution is 2.54. The van der Waals surface area contributed by atoms with E-state index in [4.69, 9.17) is 4.74 Å². The number of benzene rings is 1. The monoisotopic (exact) mass is 270 g/mol. The first-order valence-electron chi connectivity index (χ1n) is 7.37. The quantitative estimate of drug-likeness (QED) is 0.838. The smallest absolute Gasteiger partial charge is 0.337 e. The fourth-order valence-corrected chi connectivity index (χ4v) is 4.28. The highest BCUT2D eigenvalue weighted by atomic mass is 16.6. The molecule has 1 aromatic carbocycles. The average molecular weight is 270 g/mol. The van der Waals surface area contributed by atoms with Crippen molar-refractivity contribution in [1.82, 2.24) is 0 Å². The summed E-state index contributed by atoms with van der Waals surface area (Å²) < 4.78 is 5.53. The number of carbonyl (C=O) groups is 1. The molecule has 1 aliphatic heterocycles. The van der Waals surface area contributed by atoms with Crippen molar-refractivity contribution in [3.05, 3.63) is 47.5 Å². The Morgan fingerprint density at radius 1 is 1.30 bits per heavy atom. The lowest BCUT2D eigenvalue weighted by atomic mass is 9.77. The first-order chi connectivity index (χ1) is 9.69. The third kappa shape index (κ3) is 1.53. The first kappa shape index (κ1) is 12.2. The van der Waals surface area contributed by atoms with Crippen LogP contribution in [0.25, 0.3) is 0 Å². The highest BCUT2D eigenvalue weighted by molar-refractivity contribution is 5.94. The largest absolute Gasteiger partial charge is 0.455 e. The molecule has 3 nitrogen and oxygen atoms in total. The zero-order valence-electron chi connectivity index (χ0n) is 11.3. The Balaban J connectivity index is 1.66. The van der Waals surface area contributed by atoms with E-state index in [0.29, 0.717) is 5.57 Å². The zero-order valence-corrected chi connectivity index (χ0v) is 11.3. The van der Waals surface area contributed by atoms with Crippen molar-refractivity contribution in [2.24, 2.45) is 11.8 Å². The summed E-state index contributed by atoms with van der Waals surface area (Å²) in [6, 6.07) is 10.2. The van der Waals surface area contributed by atoms with Crippen LogP contribution in [-0.2, 0) is 16.0 Å². The molecule has 4 atom stereocenters. The van der Waals surface area contributed by atoms with Gasteiger partial charge in [0.05, 0.1) is 5.57 Å². The molecule has 2 fully saturated rings. The van der Waals surface area contributed by atoms with Crippen LogP contribution in [0.1, 0.15) is 24.8 Å². The lowest BCUT2D eigenvalue weighted by molar-refractivity contribution is -0.142. The summed E-state index contributed by atoms with van der Waals surface area (Å²) in [5, 5.41) is 11.0.